The summed E-state index contributed by atoms with van der Waals surface area (Å²) in [6, 6.07) is 7.38. The fraction of sp³-hybridized carbons (Fsp3) is 0.480. The van der Waals surface area contributed by atoms with Crippen molar-refractivity contribution in [3.8, 4) is 5.69 Å². The van der Waals surface area contributed by atoms with Crippen LogP contribution in [0.15, 0.2) is 24.3 Å². The molecule has 0 aliphatic carbocycles. The Hall–Kier alpha value is -3.49. The van der Waals surface area contributed by atoms with E-state index >= 15 is 0 Å². The van der Waals surface area contributed by atoms with Crippen molar-refractivity contribution in [2.75, 3.05) is 13.7 Å². The molecule has 9 nitrogen and oxygen atoms in total. The van der Waals surface area contributed by atoms with E-state index in [2.05, 4.69) is 25.2 Å². The highest BCUT2D eigenvalue weighted by Crippen LogP contribution is 2.20. The smallest absolute Gasteiger partial charge is 0.305 e. The van der Waals surface area contributed by atoms with Gasteiger partial charge in [0.15, 0.2) is 0 Å². The normalized spacial score (nSPS) is 13.3. The third-order valence-electron chi connectivity index (χ3n) is 6.44. The SMILES string of the molecule is COC(=O)CCc1c(C)nn(-c2ccc(C(=O)NCCc3nnc4n3CCCCC4)cc2)c1C. The Morgan fingerprint density at radius 3 is 2.62 bits per heavy atom. The zero-order chi connectivity index (χ0) is 24.1. The van der Waals surface area contributed by atoms with Gasteiger partial charge in [-0.1, -0.05) is 6.42 Å². The molecule has 4 rings (SSSR count). The zero-order valence-electron chi connectivity index (χ0n) is 20.1. The third-order valence-corrected chi connectivity index (χ3v) is 6.44. The molecule has 0 atom stereocenters. The monoisotopic (exact) mass is 464 g/mol. The van der Waals surface area contributed by atoms with Crippen molar-refractivity contribution in [2.24, 2.45) is 0 Å². The Morgan fingerprint density at radius 2 is 1.85 bits per heavy atom. The Kier molecular flexibility index (Phi) is 7.40. The number of rotatable bonds is 8. The maximum absolute atomic E-state index is 12.6. The lowest BCUT2D eigenvalue weighted by atomic mass is 10.1. The summed E-state index contributed by atoms with van der Waals surface area (Å²) in [5, 5.41) is 16.3. The molecule has 34 heavy (non-hydrogen) atoms. The molecule has 0 bridgehead atoms. The van der Waals surface area contributed by atoms with Crippen molar-refractivity contribution >= 4 is 11.9 Å². The number of hydrogen-bond donors (Lipinski definition) is 1. The number of benzene rings is 1. The molecule has 0 spiro atoms. The molecule has 1 N–H and O–H groups in total. The Balaban J connectivity index is 1.36. The van der Waals surface area contributed by atoms with Gasteiger partial charge in [0.05, 0.1) is 18.5 Å². The van der Waals surface area contributed by atoms with E-state index in [1.165, 1.54) is 13.5 Å². The van der Waals surface area contributed by atoms with Crippen molar-refractivity contribution < 1.29 is 14.3 Å². The number of esters is 1. The molecule has 2 aromatic heterocycles. The largest absolute Gasteiger partial charge is 0.469 e. The van der Waals surface area contributed by atoms with Crippen LogP contribution in [-0.4, -0.2) is 50.1 Å². The maximum atomic E-state index is 12.6. The minimum atomic E-state index is -0.235. The summed E-state index contributed by atoms with van der Waals surface area (Å²) < 4.78 is 8.80. The van der Waals surface area contributed by atoms with Crippen LogP contribution in [0.4, 0.5) is 0 Å². The molecule has 1 aliphatic rings. The maximum Gasteiger partial charge on any atom is 0.305 e. The van der Waals surface area contributed by atoms with Gasteiger partial charge in [-0.05, 0) is 62.9 Å². The second kappa shape index (κ2) is 10.6. The standard InChI is InChI=1S/C25H32N6O3/c1-17-21(12-13-24(32)34-3)18(2)31(29-17)20-10-8-19(9-11-20)25(33)26-15-14-23-28-27-22-7-5-4-6-16-30(22)23/h8-11H,4-7,12-16H2,1-3H3,(H,26,33). The van der Waals surface area contributed by atoms with Gasteiger partial charge >= 0.3 is 5.97 Å². The summed E-state index contributed by atoms with van der Waals surface area (Å²) in [5.74, 6) is 1.66. The number of carbonyl (C=O) groups is 2. The second-order valence-electron chi connectivity index (χ2n) is 8.68. The van der Waals surface area contributed by atoms with Gasteiger partial charge in [-0.25, -0.2) is 4.68 Å². The lowest BCUT2D eigenvalue weighted by Gasteiger charge is -2.09. The third kappa shape index (κ3) is 5.18. The number of aromatic nitrogens is 5. The van der Waals surface area contributed by atoms with Crippen LogP contribution < -0.4 is 5.32 Å². The number of nitrogens with one attached hydrogen (secondary N) is 1. The molecule has 0 unspecified atom stereocenters. The molecule has 1 aromatic carbocycles. The number of methoxy groups -OCH3 is 1. The van der Waals surface area contributed by atoms with E-state index in [0.29, 0.717) is 31.4 Å². The van der Waals surface area contributed by atoms with E-state index in [1.54, 1.807) is 12.1 Å². The number of fused-ring (bicyclic) bond motifs is 1. The zero-order valence-corrected chi connectivity index (χ0v) is 20.1. The summed E-state index contributed by atoms with van der Waals surface area (Å²) in [5.41, 5.74) is 4.36. The van der Waals surface area contributed by atoms with Crippen LogP contribution in [0.5, 0.6) is 0 Å². The van der Waals surface area contributed by atoms with Crippen molar-refractivity contribution in [1.29, 1.82) is 0 Å². The van der Waals surface area contributed by atoms with Gasteiger partial charge in [0.2, 0.25) is 0 Å². The molecular formula is C25H32N6O3. The number of hydrogen-bond acceptors (Lipinski definition) is 6. The average molecular weight is 465 g/mol. The minimum Gasteiger partial charge on any atom is -0.469 e. The van der Waals surface area contributed by atoms with Gasteiger partial charge in [-0.2, -0.15) is 5.10 Å². The summed E-state index contributed by atoms with van der Waals surface area (Å²) in [6.07, 6.45) is 6.09. The van der Waals surface area contributed by atoms with Crippen LogP contribution in [0, 0.1) is 13.8 Å². The molecule has 1 aliphatic heterocycles. The Labute approximate surface area is 199 Å². The highest BCUT2D eigenvalue weighted by Gasteiger charge is 2.16. The van der Waals surface area contributed by atoms with Gasteiger partial charge < -0.3 is 14.6 Å². The van der Waals surface area contributed by atoms with Crippen molar-refractivity contribution in [1.82, 2.24) is 29.9 Å². The predicted molar refractivity (Wildman–Crippen MR) is 127 cm³/mol. The van der Waals surface area contributed by atoms with Crippen LogP contribution >= 0.6 is 0 Å². The second-order valence-corrected chi connectivity index (χ2v) is 8.68. The molecule has 9 heteroatoms. The molecule has 3 heterocycles. The summed E-state index contributed by atoms with van der Waals surface area (Å²) >= 11 is 0. The molecule has 0 fully saturated rings. The molecule has 0 radical (unpaired) electrons. The van der Waals surface area contributed by atoms with Crippen LogP contribution in [0.1, 0.15) is 64.6 Å². The van der Waals surface area contributed by atoms with E-state index < -0.39 is 0 Å². The molecule has 0 saturated heterocycles. The van der Waals surface area contributed by atoms with Gasteiger partial charge in [-0.3, -0.25) is 9.59 Å². The van der Waals surface area contributed by atoms with Crippen molar-refractivity contribution in [3.05, 3.63) is 58.4 Å². The first kappa shape index (κ1) is 23.7. The van der Waals surface area contributed by atoms with E-state index in [9.17, 15) is 9.59 Å². The van der Waals surface area contributed by atoms with Gasteiger partial charge in [0.25, 0.3) is 5.91 Å². The number of ether oxygens (including phenoxy) is 1. The van der Waals surface area contributed by atoms with E-state index in [1.807, 2.05) is 30.7 Å². The van der Waals surface area contributed by atoms with Crippen LogP contribution in [0.25, 0.3) is 5.69 Å². The highest BCUT2D eigenvalue weighted by atomic mass is 16.5. The first-order valence-electron chi connectivity index (χ1n) is 11.9. The van der Waals surface area contributed by atoms with Crippen molar-refractivity contribution in [2.45, 2.75) is 65.3 Å². The van der Waals surface area contributed by atoms with Crippen LogP contribution in [0.2, 0.25) is 0 Å². The molecule has 3 aromatic rings. The van der Waals surface area contributed by atoms with Gasteiger partial charge in [0.1, 0.15) is 11.6 Å². The lowest BCUT2D eigenvalue weighted by Crippen LogP contribution is -2.26. The van der Waals surface area contributed by atoms with Gasteiger partial charge in [-0.15, -0.1) is 10.2 Å². The average Bonchev–Trinajstić information content (AvgIpc) is 3.25. The number of nitrogens with zero attached hydrogens (tertiary/aromatic N) is 5. The first-order valence-corrected chi connectivity index (χ1v) is 11.9. The number of aryl methyl sites for hydroxylation is 2. The number of carbonyl (C=O) groups excluding carboxylic acids is 2. The van der Waals surface area contributed by atoms with Crippen molar-refractivity contribution in [3.63, 3.8) is 0 Å². The van der Waals surface area contributed by atoms with E-state index in [4.69, 9.17) is 4.74 Å². The van der Waals surface area contributed by atoms with E-state index in [-0.39, 0.29) is 11.9 Å². The van der Waals surface area contributed by atoms with Crippen LogP contribution in [0.3, 0.4) is 0 Å². The summed E-state index contributed by atoms with van der Waals surface area (Å²) in [6.45, 7) is 5.40. The molecule has 0 saturated carbocycles. The quantitative estimate of drug-likeness (QED) is 0.514. The first-order chi connectivity index (χ1) is 16.5. The summed E-state index contributed by atoms with van der Waals surface area (Å²) in [7, 11) is 1.39. The predicted octanol–water partition coefficient (Wildman–Crippen LogP) is 2.89. The van der Waals surface area contributed by atoms with Gasteiger partial charge in [0, 0.05) is 43.6 Å². The fourth-order valence-electron chi connectivity index (χ4n) is 4.49. The molecule has 1 amide bonds. The topological polar surface area (TPSA) is 104 Å². The fourth-order valence-corrected chi connectivity index (χ4v) is 4.49. The molecular weight excluding hydrogens is 432 g/mol. The lowest BCUT2D eigenvalue weighted by molar-refractivity contribution is -0.140. The highest BCUT2D eigenvalue weighted by molar-refractivity contribution is 5.94. The van der Waals surface area contributed by atoms with Crippen LogP contribution in [-0.2, 0) is 35.3 Å². The summed E-state index contributed by atoms with van der Waals surface area (Å²) in [4.78, 5) is 24.2. The Morgan fingerprint density at radius 1 is 1.06 bits per heavy atom. The van der Waals surface area contributed by atoms with E-state index in [0.717, 1.165) is 60.1 Å². The number of amides is 1. The Bertz CT molecular complexity index is 1160. The minimum absolute atomic E-state index is 0.116. The molecule has 180 valence electrons.